The minimum Gasteiger partial charge on any atom is -0.459 e. The van der Waals surface area contributed by atoms with Crippen molar-refractivity contribution in [1.29, 1.82) is 0 Å². The maximum atomic E-state index is 14.5. The Bertz CT molecular complexity index is 1860. The molecule has 0 radical (unpaired) electrons. The molecule has 4 aliphatic heterocycles. The molecule has 292 valence electrons. The number of ether oxygens (including phenoxy) is 2. The first-order valence-corrected chi connectivity index (χ1v) is 20.8. The number of fused-ring (bicyclic) bond motifs is 4. The Kier molecular flexibility index (Phi) is 10.5. The summed E-state index contributed by atoms with van der Waals surface area (Å²) in [5.41, 5.74) is 0.867. The van der Waals surface area contributed by atoms with Gasteiger partial charge in [-0.05, 0) is 67.9 Å². The predicted molar refractivity (Wildman–Crippen MR) is 199 cm³/mol. The number of sulfonamides is 1. The number of nitrogens with one attached hydrogen (secondary N) is 4. The van der Waals surface area contributed by atoms with Crippen LogP contribution in [0.3, 0.4) is 0 Å². The van der Waals surface area contributed by atoms with E-state index in [9.17, 15) is 32.4 Å². The van der Waals surface area contributed by atoms with E-state index in [1.165, 1.54) is 4.90 Å². The molecular weight excluding hydrogens is 715 g/mol. The number of cyclic esters (lactones) is 1. The van der Waals surface area contributed by atoms with Crippen LogP contribution in [0.4, 0.5) is 10.5 Å². The second kappa shape index (κ2) is 15.0. The minimum absolute atomic E-state index is 0.0547. The van der Waals surface area contributed by atoms with E-state index in [1.807, 2.05) is 50.3 Å². The zero-order chi connectivity index (χ0) is 38.3. The SMILES string of the molecule is CC1(C)CC/C=C\c2cccc3c2NC(C3)C(=O)O[C@@H]2C[C@H]3C(=O)N[C@]4(C(=O)NS(=O)(=O)C5CC5)C[C@@H]4/C=C\CCCCC[C@H](NC(=O)OC1)C(=O)N3C2. The van der Waals surface area contributed by atoms with Crippen molar-refractivity contribution < 1.29 is 41.9 Å². The van der Waals surface area contributed by atoms with Crippen LogP contribution in [0.25, 0.3) is 6.08 Å². The summed E-state index contributed by atoms with van der Waals surface area (Å²) in [6.45, 7) is 4.02. The number of nitrogens with zero attached hydrogens (tertiary/aromatic N) is 1. The fourth-order valence-electron chi connectivity index (χ4n) is 7.99. The van der Waals surface area contributed by atoms with Crippen LogP contribution in [0.1, 0.15) is 95.6 Å². The van der Waals surface area contributed by atoms with Crippen LogP contribution < -0.4 is 20.7 Å². The molecule has 3 fully saturated rings. The van der Waals surface area contributed by atoms with Gasteiger partial charge in [0.1, 0.15) is 29.8 Å². The Morgan fingerprint density at radius 3 is 2.59 bits per heavy atom. The number of hydrogen-bond donors (Lipinski definition) is 4. The van der Waals surface area contributed by atoms with E-state index in [-0.39, 0.29) is 31.4 Å². The average molecular weight is 766 g/mol. The van der Waals surface area contributed by atoms with Gasteiger partial charge in [0.2, 0.25) is 21.8 Å². The van der Waals surface area contributed by atoms with Crippen LogP contribution >= 0.6 is 0 Å². The van der Waals surface area contributed by atoms with Gasteiger partial charge < -0.3 is 30.3 Å². The van der Waals surface area contributed by atoms with Crippen molar-refractivity contribution >= 4 is 51.6 Å². The number of para-hydroxylation sites is 1. The first-order valence-electron chi connectivity index (χ1n) is 19.3. The predicted octanol–water partition coefficient (Wildman–Crippen LogP) is 3.47. The van der Waals surface area contributed by atoms with Crippen LogP contribution in [0.5, 0.6) is 0 Å². The highest BCUT2D eigenvalue weighted by Gasteiger charge is 2.62. The van der Waals surface area contributed by atoms with Gasteiger partial charge in [-0.15, -0.1) is 0 Å². The van der Waals surface area contributed by atoms with Gasteiger partial charge in [-0.1, -0.05) is 69.2 Å². The average Bonchev–Trinajstić information content (AvgIpc) is 4.01. The van der Waals surface area contributed by atoms with Crippen molar-refractivity contribution in [3.8, 4) is 0 Å². The molecule has 54 heavy (non-hydrogen) atoms. The zero-order valence-corrected chi connectivity index (χ0v) is 31.8. The van der Waals surface area contributed by atoms with Crippen LogP contribution in [-0.2, 0) is 45.1 Å². The summed E-state index contributed by atoms with van der Waals surface area (Å²) in [5.74, 6) is -2.98. The summed E-state index contributed by atoms with van der Waals surface area (Å²) in [7, 11) is -3.90. The zero-order valence-electron chi connectivity index (χ0n) is 30.9. The maximum Gasteiger partial charge on any atom is 0.407 e. The van der Waals surface area contributed by atoms with Gasteiger partial charge >= 0.3 is 12.1 Å². The van der Waals surface area contributed by atoms with Crippen LogP contribution in [0, 0.1) is 11.3 Å². The number of allylic oxidation sites excluding steroid dienone is 2. The lowest BCUT2D eigenvalue weighted by atomic mass is 9.88. The standard InChI is InChI=1S/C39H51N5O9S/c1-38(2)18-9-8-11-24-12-10-13-25-19-30(40-32(24)25)35(47)53-27-20-31-33(45)42-39(36(48)43-54(50,51)28-16-17-28)21-26(39)14-6-4-3-5-7-15-29(34(46)44(31)22-27)41-37(49)52-23-38/h6,8,10-14,26-31,40H,3-5,7,9,15-23H2,1-2H3,(H,41,49)(H,42,45)(H,43,48)/b11-8-,14-6-/t26-,27+,29-,30?,31-,39+/m0/s1. The third kappa shape index (κ3) is 8.30. The summed E-state index contributed by atoms with van der Waals surface area (Å²) in [5, 5.41) is 8.29. The van der Waals surface area contributed by atoms with Gasteiger partial charge in [-0.25, -0.2) is 18.0 Å². The largest absolute Gasteiger partial charge is 0.459 e. The smallest absolute Gasteiger partial charge is 0.407 e. The molecule has 1 saturated heterocycles. The highest BCUT2D eigenvalue weighted by Crippen LogP contribution is 2.46. The number of esters is 1. The molecule has 0 spiro atoms. The Hall–Kier alpha value is -4.40. The molecule has 2 saturated carbocycles. The fraction of sp³-hybridized carbons (Fsp3) is 0.615. The topological polar surface area (TPSA) is 189 Å². The second-order valence-electron chi connectivity index (χ2n) is 16.5. The van der Waals surface area contributed by atoms with Crippen LogP contribution in [0.15, 0.2) is 36.4 Å². The molecule has 6 aliphatic rings. The molecule has 2 aliphatic carbocycles. The Morgan fingerprint density at radius 2 is 1.80 bits per heavy atom. The molecule has 4 heterocycles. The van der Waals surface area contributed by atoms with Gasteiger partial charge in [-0.2, -0.15) is 0 Å². The van der Waals surface area contributed by atoms with Crippen molar-refractivity contribution in [2.45, 2.75) is 126 Å². The molecule has 5 bridgehead atoms. The van der Waals surface area contributed by atoms with E-state index in [4.69, 9.17) is 9.47 Å². The molecule has 1 aromatic rings. The Morgan fingerprint density at radius 1 is 0.981 bits per heavy atom. The number of anilines is 1. The lowest BCUT2D eigenvalue weighted by Gasteiger charge is -2.30. The number of carbonyl (C=O) groups is 5. The van der Waals surface area contributed by atoms with E-state index in [1.54, 1.807) is 0 Å². The van der Waals surface area contributed by atoms with E-state index in [0.717, 1.165) is 42.5 Å². The van der Waals surface area contributed by atoms with Gasteiger partial charge in [0.25, 0.3) is 5.91 Å². The van der Waals surface area contributed by atoms with Crippen molar-refractivity contribution in [2.75, 3.05) is 18.5 Å². The molecule has 7 rings (SSSR count). The lowest BCUT2D eigenvalue weighted by molar-refractivity contribution is -0.150. The minimum atomic E-state index is -3.90. The van der Waals surface area contributed by atoms with E-state index >= 15 is 0 Å². The van der Waals surface area contributed by atoms with Crippen molar-refractivity contribution in [3.05, 3.63) is 47.6 Å². The van der Waals surface area contributed by atoms with Gasteiger partial charge in [0.15, 0.2) is 0 Å². The highest BCUT2D eigenvalue weighted by molar-refractivity contribution is 7.91. The molecule has 14 nitrogen and oxygen atoms in total. The number of rotatable bonds is 3. The lowest BCUT2D eigenvalue weighted by Crippen LogP contribution is -2.58. The summed E-state index contributed by atoms with van der Waals surface area (Å²) < 4.78 is 39.5. The number of amides is 4. The first kappa shape index (κ1) is 37.9. The quantitative estimate of drug-likeness (QED) is 0.262. The van der Waals surface area contributed by atoms with Crippen molar-refractivity contribution in [3.63, 3.8) is 0 Å². The molecular formula is C39H51N5O9S. The molecule has 4 amide bonds. The molecule has 15 heteroatoms. The van der Waals surface area contributed by atoms with Crippen molar-refractivity contribution in [1.82, 2.24) is 20.3 Å². The summed E-state index contributed by atoms with van der Waals surface area (Å²) >= 11 is 0. The number of hydrogen-bond acceptors (Lipinski definition) is 10. The van der Waals surface area contributed by atoms with Gasteiger partial charge in [-0.3, -0.25) is 19.1 Å². The van der Waals surface area contributed by atoms with Crippen LogP contribution in [-0.4, -0.2) is 91.3 Å². The van der Waals surface area contributed by atoms with Gasteiger partial charge in [0.05, 0.1) is 18.4 Å². The van der Waals surface area contributed by atoms with E-state index < -0.39 is 80.7 Å². The monoisotopic (exact) mass is 765 g/mol. The van der Waals surface area contributed by atoms with Gasteiger partial charge in [0, 0.05) is 24.4 Å². The first-order chi connectivity index (χ1) is 25.7. The summed E-state index contributed by atoms with van der Waals surface area (Å²) in [6.07, 6.45) is 12.3. The number of carbonyl (C=O) groups excluding carboxylic acids is 5. The molecule has 1 aromatic carbocycles. The highest BCUT2D eigenvalue weighted by atomic mass is 32.2. The van der Waals surface area contributed by atoms with E-state index in [0.29, 0.717) is 38.5 Å². The second-order valence-corrected chi connectivity index (χ2v) is 18.4. The third-order valence-electron chi connectivity index (χ3n) is 11.5. The molecule has 0 aromatic heterocycles. The maximum absolute atomic E-state index is 14.5. The van der Waals surface area contributed by atoms with Crippen LogP contribution in [0.2, 0.25) is 0 Å². The Balaban J connectivity index is 1.18. The molecule has 4 N–H and O–H groups in total. The van der Waals surface area contributed by atoms with Crippen molar-refractivity contribution in [2.24, 2.45) is 11.3 Å². The molecule has 6 atom stereocenters. The summed E-state index contributed by atoms with van der Waals surface area (Å²) in [4.78, 5) is 70.7. The summed E-state index contributed by atoms with van der Waals surface area (Å²) in [6, 6.07) is 3.00. The van der Waals surface area contributed by atoms with E-state index in [2.05, 4.69) is 26.7 Å². The number of alkyl carbamates (subject to hydrolysis) is 1. The molecule has 1 unspecified atom stereocenters. The third-order valence-corrected chi connectivity index (χ3v) is 13.3. The Labute approximate surface area is 316 Å². The number of benzene rings is 1. The fourth-order valence-corrected chi connectivity index (χ4v) is 9.35. The normalized spacial score (nSPS) is 32.9.